The maximum absolute atomic E-state index is 13.6. The van der Waals surface area contributed by atoms with E-state index >= 15 is 0 Å². The minimum Gasteiger partial charge on any atom is -0.478 e. The molecule has 1 unspecified atom stereocenters. The number of carbonyl (C=O) groups excluding carboxylic acids is 3. The van der Waals surface area contributed by atoms with Crippen molar-refractivity contribution in [3.8, 4) is 6.07 Å². The summed E-state index contributed by atoms with van der Waals surface area (Å²) >= 11 is 2.59. The number of hydrogen-bond acceptors (Lipinski definition) is 7. The minimum absolute atomic E-state index is 0.0324. The van der Waals surface area contributed by atoms with E-state index < -0.39 is 17.1 Å². The summed E-state index contributed by atoms with van der Waals surface area (Å²) in [5.41, 5.74) is 2.50. The zero-order chi connectivity index (χ0) is 27.9. The number of nitrogens with zero attached hydrogens (tertiary/aromatic N) is 2. The highest BCUT2D eigenvalue weighted by Crippen LogP contribution is 2.40. The molecule has 1 aromatic heterocycles. The van der Waals surface area contributed by atoms with Crippen LogP contribution in [0.4, 0.5) is 10.7 Å². The van der Waals surface area contributed by atoms with Crippen LogP contribution in [-0.2, 0) is 32.1 Å². The Morgan fingerprint density at radius 3 is 2.56 bits per heavy atom. The average Bonchev–Trinajstić information content (AvgIpc) is 3.27. The fourth-order valence-corrected chi connectivity index (χ4v) is 6.37. The van der Waals surface area contributed by atoms with Gasteiger partial charge in [-0.25, -0.2) is 4.79 Å². The number of amides is 3. The number of hydrogen-bond donors (Lipinski definition) is 3. The van der Waals surface area contributed by atoms with Gasteiger partial charge in [-0.05, 0) is 35.7 Å². The molecule has 1 aliphatic rings. The molecule has 39 heavy (non-hydrogen) atoms. The van der Waals surface area contributed by atoms with E-state index in [4.69, 9.17) is 5.11 Å². The molecule has 3 N–H and O–H groups in total. The maximum atomic E-state index is 13.6. The maximum Gasteiger partial charge on any atom is 0.328 e. The topological polar surface area (TPSA) is 140 Å². The Kier molecular flexibility index (Phi) is 8.81. The van der Waals surface area contributed by atoms with Gasteiger partial charge in [0.05, 0.1) is 12.1 Å². The monoisotopic (exact) mass is 560 g/mol. The van der Waals surface area contributed by atoms with Gasteiger partial charge in [-0.2, -0.15) is 5.26 Å². The van der Waals surface area contributed by atoms with E-state index in [1.165, 1.54) is 30.0 Å². The molecule has 0 radical (unpaired) electrons. The first kappa shape index (κ1) is 27.6. The second kappa shape index (κ2) is 12.4. The standard InChI is InChI=1S/C28H24N4O5S2/c1-17(33)32-13-12-21-22(15-29)28(39-23(21)16-32)31-27(37)26(18-6-3-2-4-7-18)38-20-9-5-8-19(14-20)30-24(34)10-11-25(35)36/h2-11,14,26H,12-13,16H2,1H3,(H,30,34)(H,31,37)(H,35,36)/b11-10+. The van der Waals surface area contributed by atoms with Crippen molar-refractivity contribution >= 4 is 57.5 Å². The van der Waals surface area contributed by atoms with Crippen LogP contribution in [0.25, 0.3) is 0 Å². The molecular formula is C28H24N4O5S2. The summed E-state index contributed by atoms with van der Waals surface area (Å²) in [5, 5.41) is 23.9. The van der Waals surface area contributed by atoms with Crippen molar-refractivity contribution in [3.63, 3.8) is 0 Å². The van der Waals surface area contributed by atoms with E-state index in [1.54, 1.807) is 29.2 Å². The number of carboxylic acid groups (broad SMARTS) is 1. The molecule has 198 valence electrons. The van der Waals surface area contributed by atoms with E-state index in [2.05, 4.69) is 16.7 Å². The largest absolute Gasteiger partial charge is 0.478 e. The number of anilines is 2. The third-order valence-corrected chi connectivity index (χ3v) is 8.30. The Hall–Kier alpha value is -4.40. The lowest BCUT2D eigenvalue weighted by molar-refractivity contribution is -0.132. The van der Waals surface area contributed by atoms with Crippen molar-refractivity contribution in [2.45, 2.75) is 30.0 Å². The van der Waals surface area contributed by atoms with Crippen LogP contribution in [-0.4, -0.2) is 40.2 Å². The highest BCUT2D eigenvalue weighted by Gasteiger charge is 2.29. The molecule has 2 heterocycles. The smallest absolute Gasteiger partial charge is 0.328 e. The van der Waals surface area contributed by atoms with Crippen molar-refractivity contribution < 1.29 is 24.3 Å². The molecule has 3 aromatic rings. The van der Waals surface area contributed by atoms with Crippen LogP contribution < -0.4 is 10.6 Å². The van der Waals surface area contributed by atoms with Gasteiger partial charge < -0.3 is 20.6 Å². The Morgan fingerprint density at radius 2 is 1.87 bits per heavy atom. The number of nitriles is 1. The van der Waals surface area contributed by atoms with E-state index in [0.29, 0.717) is 40.7 Å². The van der Waals surface area contributed by atoms with Gasteiger partial charge in [0.1, 0.15) is 16.3 Å². The second-order valence-electron chi connectivity index (χ2n) is 8.60. The van der Waals surface area contributed by atoms with Gasteiger partial charge in [-0.1, -0.05) is 36.4 Å². The first-order valence-electron chi connectivity index (χ1n) is 11.9. The summed E-state index contributed by atoms with van der Waals surface area (Å²) in [5.74, 6) is -2.17. The molecule has 0 saturated heterocycles. The van der Waals surface area contributed by atoms with Crippen molar-refractivity contribution in [2.75, 3.05) is 17.2 Å². The fraction of sp³-hybridized carbons (Fsp3) is 0.179. The predicted octanol–water partition coefficient (Wildman–Crippen LogP) is 4.58. The Balaban J connectivity index is 1.57. The van der Waals surface area contributed by atoms with Crippen LogP contribution in [0.5, 0.6) is 0 Å². The highest BCUT2D eigenvalue weighted by atomic mass is 32.2. The lowest BCUT2D eigenvalue weighted by Crippen LogP contribution is -2.33. The molecule has 1 atom stereocenters. The number of thiophene rings is 1. The summed E-state index contributed by atoms with van der Waals surface area (Å²) in [6, 6.07) is 18.3. The predicted molar refractivity (Wildman–Crippen MR) is 149 cm³/mol. The van der Waals surface area contributed by atoms with Gasteiger partial charge in [0.2, 0.25) is 17.7 Å². The molecule has 0 saturated carbocycles. The molecule has 2 aromatic carbocycles. The quantitative estimate of drug-likeness (QED) is 0.271. The third kappa shape index (κ3) is 6.93. The van der Waals surface area contributed by atoms with E-state index in [0.717, 1.165) is 28.2 Å². The number of carbonyl (C=O) groups is 4. The number of thioether (sulfide) groups is 1. The van der Waals surface area contributed by atoms with Gasteiger partial charge in [0.15, 0.2) is 0 Å². The summed E-state index contributed by atoms with van der Waals surface area (Å²) in [7, 11) is 0. The highest BCUT2D eigenvalue weighted by molar-refractivity contribution is 8.00. The minimum atomic E-state index is -1.23. The zero-order valence-electron chi connectivity index (χ0n) is 20.8. The first-order chi connectivity index (χ1) is 18.7. The molecule has 0 bridgehead atoms. The normalized spacial score (nSPS) is 13.3. The average molecular weight is 561 g/mol. The van der Waals surface area contributed by atoms with Crippen molar-refractivity contribution in [3.05, 3.63) is 88.3 Å². The number of rotatable bonds is 8. The summed E-state index contributed by atoms with van der Waals surface area (Å²) in [6.07, 6.45) is 2.23. The molecule has 9 nitrogen and oxygen atoms in total. The number of fused-ring (bicyclic) bond motifs is 1. The van der Waals surface area contributed by atoms with Crippen LogP contribution in [0.2, 0.25) is 0 Å². The lowest BCUT2D eigenvalue weighted by atomic mass is 10.0. The van der Waals surface area contributed by atoms with Gasteiger partial charge >= 0.3 is 5.97 Å². The molecule has 0 fully saturated rings. The van der Waals surface area contributed by atoms with Crippen LogP contribution in [0, 0.1) is 11.3 Å². The Bertz CT molecular complexity index is 1490. The molecular weight excluding hydrogens is 536 g/mol. The van der Waals surface area contributed by atoms with Crippen LogP contribution in [0.1, 0.15) is 33.7 Å². The van der Waals surface area contributed by atoms with Crippen molar-refractivity contribution in [1.29, 1.82) is 5.26 Å². The summed E-state index contributed by atoms with van der Waals surface area (Å²) < 4.78 is 0. The van der Waals surface area contributed by atoms with Gasteiger partial charge in [0.25, 0.3) is 0 Å². The SMILES string of the molecule is CC(=O)N1CCc2c(sc(NC(=O)C(Sc3cccc(NC(=O)/C=C/C(=O)O)c3)c3ccccc3)c2C#N)C1. The van der Waals surface area contributed by atoms with Gasteiger partial charge in [-0.15, -0.1) is 23.1 Å². The number of nitrogens with one attached hydrogen (secondary N) is 2. The van der Waals surface area contributed by atoms with Crippen molar-refractivity contribution in [2.24, 2.45) is 0 Å². The molecule has 11 heteroatoms. The summed E-state index contributed by atoms with van der Waals surface area (Å²) in [6.45, 7) is 2.46. The zero-order valence-corrected chi connectivity index (χ0v) is 22.5. The number of carboxylic acids is 1. The fourth-order valence-electron chi connectivity index (χ4n) is 4.07. The van der Waals surface area contributed by atoms with Gasteiger partial charge in [0, 0.05) is 41.1 Å². The second-order valence-corrected chi connectivity index (χ2v) is 10.9. The molecule has 0 spiro atoms. The first-order valence-corrected chi connectivity index (χ1v) is 13.6. The van der Waals surface area contributed by atoms with E-state index in [-0.39, 0.29) is 11.8 Å². The van der Waals surface area contributed by atoms with Crippen LogP contribution in [0.3, 0.4) is 0 Å². The van der Waals surface area contributed by atoms with Crippen LogP contribution in [0.15, 0.2) is 71.6 Å². The van der Waals surface area contributed by atoms with Crippen molar-refractivity contribution in [1.82, 2.24) is 4.90 Å². The molecule has 3 amide bonds. The lowest BCUT2D eigenvalue weighted by Gasteiger charge is -2.25. The van der Waals surface area contributed by atoms with E-state index in [1.807, 2.05) is 30.3 Å². The molecule has 1 aliphatic heterocycles. The van der Waals surface area contributed by atoms with E-state index in [9.17, 15) is 24.4 Å². The Morgan fingerprint density at radius 1 is 1.10 bits per heavy atom. The van der Waals surface area contributed by atoms with Crippen LogP contribution >= 0.6 is 23.1 Å². The number of benzene rings is 2. The molecule has 4 rings (SSSR count). The third-order valence-electron chi connectivity index (χ3n) is 5.92. The number of aliphatic carboxylic acids is 1. The summed E-state index contributed by atoms with van der Waals surface area (Å²) in [4.78, 5) is 51.5. The molecule has 0 aliphatic carbocycles. The van der Waals surface area contributed by atoms with Gasteiger partial charge in [-0.3, -0.25) is 14.4 Å². The Labute approximate surface area is 233 Å².